The maximum atomic E-state index is 6.07. The van der Waals surface area contributed by atoms with Gasteiger partial charge in [0.1, 0.15) is 0 Å². The maximum Gasteiger partial charge on any atom is 0.0595 e. The van der Waals surface area contributed by atoms with Crippen molar-refractivity contribution in [1.29, 1.82) is 0 Å². The topological polar surface area (TPSA) is 24.9 Å². The van der Waals surface area contributed by atoms with Crippen molar-refractivity contribution in [1.82, 2.24) is 10.3 Å². The highest BCUT2D eigenvalue weighted by Crippen LogP contribution is 2.27. The Morgan fingerprint density at radius 3 is 2.63 bits per heavy atom. The van der Waals surface area contributed by atoms with Gasteiger partial charge in [0.05, 0.1) is 10.0 Å². The van der Waals surface area contributed by atoms with E-state index in [1.54, 1.807) is 0 Å². The molecular weight excluding hydrogens is 279 g/mol. The summed E-state index contributed by atoms with van der Waals surface area (Å²) in [5.74, 6) is 0. The van der Waals surface area contributed by atoms with Gasteiger partial charge in [0.25, 0.3) is 0 Å². The molecule has 1 atom stereocenters. The van der Waals surface area contributed by atoms with Gasteiger partial charge in [0.2, 0.25) is 0 Å². The lowest BCUT2D eigenvalue weighted by molar-refractivity contribution is 0.582. The third kappa shape index (κ3) is 3.47. The van der Waals surface area contributed by atoms with Crippen molar-refractivity contribution in [3.05, 3.63) is 63.4 Å². The van der Waals surface area contributed by atoms with Crippen molar-refractivity contribution in [3.63, 3.8) is 0 Å². The van der Waals surface area contributed by atoms with E-state index in [0.29, 0.717) is 10.0 Å². The third-order valence-corrected chi connectivity index (χ3v) is 3.95. The first-order chi connectivity index (χ1) is 9.11. The molecule has 1 N–H and O–H groups in total. The van der Waals surface area contributed by atoms with Gasteiger partial charge in [-0.3, -0.25) is 4.98 Å². The molecule has 1 aromatic carbocycles. The zero-order valence-corrected chi connectivity index (χ0v) is 12.5. The SMILES string of the molecule is CNC(Cc1ncccc1C)c1ccc(Cl)c(Cl)c1. The van der Waals surface area contributed by atoms with Gasteiger partial charge >= 0.3 is 0 Å². The zero-order chi connectivity index (χ0) is 13.8. The molecule has 0 bridgehead atoms. The Kier molecular flexibility index (Phi) is 4.81. The normalized spacial score (nSPS) is 12.4. The van der Waals surface area contributed by atoms with E-state index in [4.69, 9.17) is 23.2 Å². The lowest BCUT2D eigenvalue weighted by Crippen LogP contribution is -2.19. The lowest BCUT2D eigenvalue weighted by Gasteiger charge is -2.18. The van der Waals surface area contributed by atoms with E-state index in [1.165, 1.54) is 5.56 Å². The van der Waals surface area contributed by atoms with Gasteiger partial charge in [-0.15, -0.1) is 0 Å². The van der Waals surface area contributed by atoms with E-state index in [9.17, 15) is 0 Å². The summed E-state index contributed by atoms with van der Waals surface area (Å²) in [6.07, 6.45) is 2.64. The minimum atomic E-state index is 0.170. The number of nitrogens with zero attached hydrogens (tertiary/aromatic N) is 1. The monoisotopic (exact) mass is 294 g/mol. The molecule has 0 fully saturated rings. The van der Waals surface area contributed by atoms with E-state index >= 15 is 0 Å². The standard InChI is InChI=1S/C15H16Cl2N2/c1-10-4-3-7-19-14(10)9-15(18-2)11-5-6-12(16)13(17)8-11/h3-8,15,18H,9H2,1-2H3. The fourth-order valence-corrected chi connectivity index (χ4v) is 2.35. The average Bonchev–Trinajstić information content (AvgIpc) is 2.41. The van der Waals surface area contributed by atoms with Crippen LogP contribution in [0, 0.1) is 6.92 Å². The van der Waals surface area contributed by atoms with Gasteiger partial charge in [0.15, 0.2) is 0 Å². The quantitative estimate of drug-likeness (QED) is 0.914. The highest BCUT2D eigenvalue weighted by molar-refractivity contribution is 6.42. The molecule has 1 heterocycles. The van der Waals surface area contributed by atoms with Crippen molar-refractivity contribution in [2.45, 2.75) is 19.4 Å². The fourth-order valence-electron chi connectivity index (χ4n) is 2.04. The second kappa shape index (κ2) is 6.38. The summed E-state index contributed by atoms with van der Waals surface area (Å²) in [5.41, 5.74) is 3.40. The highest BCUT2D eigenvalue weighted by Gasteiger charge is 2.13. The lowest BCUT2D eigenvalue weighted by atomic mass is 10.00. The smallest absolute Gasteiger partial charge is 0.0595 e. The number of aryl methyl sites for hydroxylation is 1. The van der Waals surface area contributed by atoms with Crippen molar-refractivity contribution in [2.24, 2.45) is 0 Å². The maximum absolute atomic E-state index is 6.07. The molecule has 0 saturated heterocycles. The van der Waals surface area contributed by atoms with Gasteiger partial charge in [-0.2, -0.15) is 0 Å². The zero-order valence-electron chi connectivity index (χ0n) is 11.0. The van der Waals surface area contributed by atoms with Crippen LogP contribution in [0.1, 0.15) is 22.9 Å². The molecule has 0 spiro atoms. The molecule has 2 rings (SSSR count). The summed E-state index contributed by atoms with van der Waals surface area (Å²) in [4.78, 5) is 4.43. The Morgan fingerprint density at radius 2 is 2.00 bits per heavy atom. The van der Waals surface area contributed by atoms with Crippen molar-refractivity contribution in [2.75, 3.05) is 7.05 Å². The molecule has 0 saturated carbocycles. The number of hydrogen-bond donors (Lipinski definition) is 1. The summed E-state index contributed by atoms with van der Waals surface area (Å²) in [5, 5.41) is 4.46. The van der Waals surface area contributed by atoms with E-state index in [0.717, 1.165) is 17.7 Å². The number of likely N-dealkylation sites (N-methyl/N-ethyl adjacent to an activating group) is 1. The van der Waals surface area contributed by atoms with Crippen LogP contribution >= 0.6 is 23.2 Å². The van der Waals surface area contributed by atoms with Crippen LogP contribution in [0.15, 0.2) is 36.5 Å². The molecule has 0 aliphatic carbocycles. The van der Waals surface area contributed by atoms with Gasteiger partial charge in [-0.25, -0.2) is 0 Å². The van der Waals surface area contributed by atoms with Crippen molar-refractivity contribution < 1.29 is 0 Å². The largest absolute Gasteiger partial charge is 0.313 e. The number of benzene rings is 1. The molecule has 19 heavy (non-hydrogen) atoms. The average molecular weight is 295 g/mol. The van der Waals surface area contributed by atoms with Crippen LogP contribution in [0.5, 0.6) is 0 Å². The summed E-state index contributed by atoms with van der Waals surface area (Å²) >= 11 is 12.0. The van der Waals surface area contributed by atoms with Crippen LogP contribution in [0.25, 0.3) is 0 Å². The Morgan fingerprint density at radius 1 is 1.21 bits per heavy atom. The molecule has 0 aliphatic heterocycles. The molecule has 0 radical (unpaired) electrons. The van der Waals surface area contributed by atoms with Crippen LogP contribution in [-0.4, -0.2) is 12.0 Å². The molecule has 4 heteroatoms. The Labute approximate surface area is 123 Å². The Balaban J connectivity index is 2.25. The number of hydrogen-bond acceptors (Lipinski definition) is 2. The summed E-state index contributed by atoms with van der Waals surface area (Å²) in [6.45, 7) is 2.07. The molecule has 1 aromatic heterocycles. The second-order valence-electron chi connectivity index (χ2n) is 4.49. The third-order valence-electron chi connectivity index (χ3n) is 3.21. The number of rotatable bonds is 4. The van der Waals surface area contributed by atoms with Crippen LogP contribution in [0.2, 0.25) is 10.0 Å². The first-order valence-electron chi connectivity index (χ1n) is 6.14. The van der Waals surface area contributed by atoms with Crippen molar-refractivity contribution >= 4 is 23.2 Å². The van der Waals surface area contributed by atoms with E-state index in [-0.39, 0.29) is 6.04 Å². The van der Waals surface area contributed by atoms with Crippen LogP contribution < -0.4 is 5.32 Å². The number of aromatic nitrogens is 1. The van der Waals surface area contributed by atoms with Crippen LogP contribution in [0.3, 0.4) is 0 Å². The Bertz CT molecular complexity index is 570. The predicted molar refractivity (Wildman–Crippen MR) is 80.9 cm³/mol. The number of pyridine rings is 1. The summed E-state index contributed by atoms with van der Waals surface area (Å²) in [7, 11) is 1.94. The first-order valence-corrected chi connectivity index (χ1v) is 6.90. The van der Waals surface area contributed by atoms with Gasteiger partial charge in [0, 0.05) is 24.4 Å². The van der Waals surface area contributed by atoms with E-state index in [2.05, 4.69) is 23.3 Å². The molecule has 0 aliphatic rings. The first kappa shape index (κ1) is 14.3. The van der Waals surface area contributed by atoms with Gasteiger partial charge in [-0.05, 0) is 43.3 Å². The molecular formula is C15H16Cl2N2. The van der Waals surface area contributed by atoms with Crippen LogP contribution in [-0.2, 0) is 6.42 Å². The molecule has 2 nitrogen and oxygen atoms in total. The van der Waals surface area contributed by atoms with Gasteiger partial charge < -0.3 is 5.32 Å². The summed E-state index contributed by atoms with van der Waals surface area (Å²) < 4.78 is 0. The minimum Gasteiger partial charge on any atom is -0.313 e. The van der Waals surface area contributed by atoms with Crippen LogP contribution in [0.4, 0.5) is 0 Å². The summed E-state index contributed by atoms with van der Waals surface area (Å²) in [6, 6.07) is 9.92. The molecule has 100 valence electrons. The molecule has 1 unspecified atom stereocenters. The molecule has 2 aromatic rings. The van der Waals surface area contributed by atoms with Gasteiger partial charge in [-0.1, -0.05) is 35.3 Å². The van der Waals surface area contributed by atoms with E-state index in [1.807, 2.05) is 37.5 Å². The second-order valence-corrected chi connectivity index (χ2v) is 5.30. The molecule has 0 amide bonds. The Hall–Kier alpha value is -1.09. The predicted octanol–water partition coefficient (Wildman–Crippen LogP) is 4.20. The number of nitrogens with one attached hydrogen (secondary N) is 1. The fraction of sp³-hybridized carbons (Fsp3) is 0.267. The minimum absolute atomic E-state index is 0.170. The highest BCUT2D eigenvalue weighted by atomic mass is 35.5. The van der Waals surface area contributed by atoms with Crippen molar-refractivity contribution in [3.8, 4) is 0 Å². The van der Waals surface area contributed by atoms with E-state index < -0.39 is 0 Å². The number of halogens is 2.